The Balaban J connectivity index is 1.70. The molecule has 90 valence electrons. The maximum atomic E-state index is 11.5. The van der Waals surface area contributed by atoms with Crippen LogP contribution in [0.3, 0.4) is 0 Å². The van der Waals surface area contributed by atoms with Gasteiger partial charge in [0.1, 0.15) is 6.54 Å². The van der Waals surface area contributed by atoms with E-state index in [1.165, 1.54) is 11.8 Å². The van der Waals surface area contributed by atoms with E-state index in [2.05, 4.69) is 5.32 Å². The Hall–Kier alpha value is -0.750. The first-order valence-electron chi connectivity index (χ1n) is 5.38. The van der Waals surface area contributed by atoms with Gasteiger partial charge in [0.15, 0.2) is 0 Å². The van der Waals surface area contributed by atoms with E-state index >= 15 is 0 Å². The molecule has 0 spiro atoms. The number of nitrogens with one attached hydrogen (secondary N) is 1. The second kappa shape index (κ2) is 4.63. The van der Waals surface area contributed by atoms with Crippen LogP contribution in [0, 0.1) is 5.41 Å². The highest BCUT2D eigenvalue weighted by atomic mass is 32.2. The molecule has 0 aromatic heterocycles. The zero-order valence-electron chi connectivity index (χ0n) is 9.07. The number of rotatable bonds is 5. The summed E-state index contributed by atoms with van der Waals surface area (Å²) in [6.07, 6.45) is 1.95. The summed E-state index contributed by atoms with van der Waals surface area (Å²) in [6, 6.07) is 0. The van der Waals surface area contributed by atoms with E-state index in [-0.39, 0.29) is 30.4 Å². The van der Waals surface area contributed by atoms with Gasteiger partial charge in [0, 0.05) is 12.0 Å². The lowest BCUT2D eigenvalue weighted by Crippen LogP contribution is -2.40. The van der Waals surface area contributed by atoms with Gasteiger partial charge in [0.25, 0.3) is 0 Å². The zero-order chi connectivity index (χ0) is 11.6. The van der Waals surface area contributed by atoms with Gasteiger partial charge in [0.05, 0.1) is 18.2 Å². The molecule has 0 radical (unpaired) electrons. The third kappa shape index (κ3) is 2.68. The van der Waals surface area contributed by atoms with E-state index in [0.717, 1.165) is 12.8 Å². The third-order valence-electron chi connectivity index (χ3n) is 3.11. The van der Waals surface area contributed by atoms with Crippen molar-refractivity contribution in [1.29, 1.82) is 0 Å². The molecule has 0 aromatic carbocycles. The maximum Gasteiger partial charge on any atom is 0.239 e. The van der Waals surface area contributed by atoms with Gasteiger partial charge in [-0.1, -0.05) is 0 Å². The summed E-state index contributed by atoms with van der Waals surface area (Å²) in [5.74, 6) is 0.990. The van der Waals surface area contributed by atoms with Crippen molar-refractivity contribution in [1.82, 2.24) is 10.2 Å². The van der Waals surface area contributed by atoms with Gasteiger partial charge >= 0.3 is 0 Å². The summed E-state index contributed by atoms with van der Waals surface area (Å²) in [5, 5.41) is 11.9. The number of hydrogen-bond donors (Lipinski definition) is 2. The Kier molecular flexibility index (Phi) is 3.39. The van der Waals surface area contributed by atoms with Crippen molar-refractivity contribution in [3.05, 3.63) is 0 Å². The average Bonchev–Trinajstić information content (AvgIpc) is 2.96. The second-order valence-electron chi connectivity index (χ2n) is 4.50. The molecule has 0 unspecified atom stereocenters. The third-order valence-corrected chi connectivity index (χ3v) is 4.06. The monoisotopic (exact) mass is 244 g/mol. The lowest BCUT2D eigenvalue weighted by Gasteiger charge is -2.16. The summed E-state index contributed by atoms with van der Waals surface area (Å²) < 4.78 is 0. The van der Waals surface area contributed by atoms with Crippen molar-refractivity contribution in [2.24, 2.45) is 5.41 Å². The number of hydrogen-bond acceptors (Lipinski definition) is 4. The van der Waals surface area contributed by atoms with E-state index in [1.807, 2.05) is 0 Å². The van der Waals surface area contributed by atoms with Crippen LogP contribution in [-0.2, 0) is 9.59 Å². The summed E-state index contributed by atoms with van der Waals surface area (Å²) in [7, 11) is 0. The molecule has 1 aliphatic heterocycles. The van der Waals surface area contributed by atoms with Crippen LogP contribution in [0.25, 0.3) is 0 Å². The van der Waals surface area contributed by atoms with Crippen LogP contribution < -0.4 is 5.32 Å². The molecule has 16 heavy (non-hydrogen) atoms. The summed E-state index contributed by atoms with van der Waals surface area (Å²) in [5.41, 5.74) is -0.0700. The Morgan fingerprint density at radius 1 is 1.56 bits per heavy atom. The second-order valence-corrected chi connectivity index (χ2v) is 5.46. The molecular formula is C10H16N2O3S. The van der Waals surface area contributed by atoms with Crippen molar-refractivity contribution < 1.29 is 14.7 Å². The van der Waals surface area contributed by atoms with E-state index in [9.17, 15) is 9.59 Å². The highest BCUT2D eigenvalue weighted by Gasteiger charge is 2.42. The number of aliphatic hydroxyl groups is 1. The minimum Gasteiger partial charge on any atom is -0.396 e. The number of aliphatic hydroxyl groups excluding tert-OH is 1. The number of carbonyl (C=O) groups excluding carboxylic acids is 2. The molecule has 2 amide bonds. The zero-order valence-corrected chi connectivity index (χ0v) is 9.89. The van der Waals surface area contributed by atoms with Crippen LogP contribution in [-0.4, -0.2) is 53.1 Å². The van der Waals surface area contributed by atoms with Crippen LogP contribution in [0.2, 0.25) is 0 Å². The standard InChI is InChI=1S/C10H16N2O3S/c13-6-10(1-2-10)5-11-8(14)3-12-7-16-4-9(12)15/h13H,1-7H2,(H,11,14). The maximum absolute atomic E-state index is 11.5. The molecule has 2 aliphatic rings. The van der Waals surface area contributed by atoms with Crippen LogP contribution in [0.5, 0.6) is 0 Å². The van der Waals surface area contributed by atoms with Crippen LogP contribution in [0.1, 0.15) is 12.8 Å². The molecule has 2 rings (SSSR count). The molecule has 1 heterocycles. The lowest BCUT2D eigenvalue weighted by molar-refractivity contribution is -0.132. The van der Waals surface area contributed by atoms with Crippen molar-refractivity contribution >= 4 is 23.6 Å². The molecule has 1 saturated carbocycles. The predicted molar refractivity (Wildman–Crippen MR) is 60.8 cm³/mol. The molecule has 6 heteroatoms. The van der Waals surface area contributed by atoms with Gasteiger partial charge in [-0.05, 0) is 12.8 Å². The fourth-order valence-electron chi connectivity index (χ4n) is 1.62. The van der Waals surface area contributed by atoms with Crippen molar-refractivity contribution in [2.75, 3.05) is 31.3 Å². The van der Waals surface area contributed by atoms with E-state index < -0.39 is 0 Å². The summed E-state index contributed by atoms with van der Waals surface area (Å²) in [4.78, 5) is 24.4. The first kappa shape index (κ1) is 11.7. The van der Waals surface area contributed by atoms with E-state index in [0.29, 0.717) is 18.2 Å². The highest BCUT2D eigenvalue weighted by Crippen LogP contribution is 2.44. The Bertz CT molecular complexity index is 304. The fraction of sp³-hybridized carbons (Fsp3) is 0.800. The fourth-order valence-corrected chi connectivity index (χ4v) is 2.53. The first-order valence-corrected chi connectivity index (χ1v) is 6.54. The summed E-state index contributed by atoms with van der Waals surface area (Å²) >= 11 is 1.53. The van der Waals surface area contributed by atoms with Gasteiger partial charge in [-0.3, -0.25) is 9.59 Å². The van der Waals surface area contributed by atoms with Gasteiger partial charge in [-0.25, -0.2) is 0 Å². The molecule has 2 fully saturated rings. The van der Waals surface area contributed by atoms with Gasteiger partial charge in [0.2, 0.25) is 11.8 Å². The van der Waals surface area contributed by atoms with Crippen LogP contribution in [0.15, 0.2) is 0 Å². The summed E-state index contributed by atoms with van der Waals surface area (Å²) in [6.45, 7) is 0.802. The topological polar surface area (TPSA) is 69.6 Å². The normalized spacial score (nSPS) is 22.3. The Morgan fingerprint density at radius 2 is 2.31 bits per heavy atom. The minimum atomic E-state index is -0.129. The van der Waals surface area contributed by atoms with Crippen molar-refractivity contribution in [3.63, 3.8) is 0 Å². The van der Waals surface area contributed by atoms with Crippen LogP contribution >= 0.6 is 11.8 Å². The molecule has 2 N–H and O–H groups in total. The van der Waals surface area contributed by atoms with Gasteiger partial charge < -0.3 is 15.3 Å². The Labute approximate surface area is 98.6 Å². The largest absolute Gasteiger partial charge is 0.396 e. The highest BCUT2D eigenvalue weighted by molar-refractivity contribution is 8.00. The van der Waals surface area contributed by atoms with Gasteiger partial charge in [-0.15, -0.1) is 11.8 Å². The molecular weight excluding hydrogens is 228 g/mol. The molecule has 0 bridgehead atoms. The average molecular weight is 244 g/mol. The van der Waals surface area contributed by atoms with Crippen molar-refractivity contribution in [3.8, 4) is 0 Å². The molecule has 1 saturated heterocycles. The van der Waals surface area contributed by atoms with Gasteiger partial charge in [-0.2, -0.15) is 0 Å². The number of thioether (sulfide) groups is 1. The SMILES string of the molecule is O=C(CN1CSCC1=O)NCC1(CO)CC1. The Morgan fingerprint density at radius 3 is 2.81 bits per heavy atom. The van der Waals surface area contributed by atoms with Crippen molar-refractivity contribution in [2.45, 2.75) is 12.8 Å². The molecule has 0 atom stereocenters. The molecule has 5 nitrogen and oxygen atoms in total. The first-order chi connectivity index (χ1) is 7.65. The quantitative estimate of drug-likeness (QED) is 0.678. The number of nitrogens with zero attached hydrogens (tertiary/aromatic N) is 1. The minimum absolute atomic E-state index is 0.0310. The van der Waals surface area contributed by atoms with Crippen LogP contribution in [0.4, 0.5) is 0 Å². The molecule has 0 aromatic rings. The molecule has 1 aliphatic carbocycles. The smallest absolute Gasteiger partial charge is 0.239 e. The van der Waals surface area contributed by atoms with E-state index in [1.54, 1.807) is 4.90 Å². The lowest BCUT2D eigenvalue weighted by atomic mass is 10.1. The predicted octanol–water partition coefficient (Wildman–Crippen LogP) is -0.592. The number of amides is 2. The van der Waals surface area contributed by atoms with E-state index in [4.69, 9.17) is 5.11 Å². The number of carbonyl (C=O) groups is 2.